The highest BCUT2D eigenvalue weighted by molar-refractivity contribution is 5.35. The van der Waals surface area contributed by atoms with E-state index < -0.39 is 0 Å². The first-order valence-electron chi connectivity index (χ1n) is 3.85. The highest BCUT2D eigenvalue weighted by Gasteiger charge is 2.02. The van der Waals surface area contributed by atoms with Crippen LogP contribution in [0.15, 0.2) is 24.8 Å². The maximum absolute atomic E-state index is 5.54. The van der Waals surface area contributed by atoms with Gasteiger partial charge in [-0.25, -0.2) is 14.6 Å². The van der Waals surface area contributed by atoms with Gasteiger partial charge in [-0.3, -0.25) is 0 Å². The van der Waals surface area contributed by atoms with Gasteiger partial charge in [0.25, 0.3) is 0 Å². The van der Waals surface area contributed by atoms with Crippen molar-refractivity contribution in [1.29, 1.82) is 0 Å². The van der Waals surface area contributed by atoms with Crippen molar-refractivity contribution in [3.8, 4) is 5.69 Å². The molecule has 2 N–H and O–H groups in total. The molecule has 0 radical (unpaired) electrons. The molecular formula is C8H9N5. The Morgan fingerprint density at radius 3 is 2.54 bits per heavy atom. The minimum atomic E-state index is 0.501. The van der Waals surface area contributed by atoms with E-state index in [-0.39, 0.29) is 0 Å². The van der Waals surface area contributed by atoms with Gasteiger partial charge in [0.15, 0.2) is 0 Å². The molecule has 0 bridgehead atoms. The Hall–Kier alpha value is -1.91. The van der Waals surface area contributed by atoms with Gasteiger partial charge in [-0.05, 0) is 6.92 Å². The summed E-state index contributed by atoms with van der Waals surface area (Å²) in [5.41, 5.74) is 7.33. The second-order valence-corrected chi connectivity index (χ2v) is 2.72. The lowest BCUT2D eigenvalue weighted by molar-refractivity contribution is 0.837. The third-order valence-electron chi connectivity index (χ3n) is 1.70. The van der Waals surface area contributed by atoms with Gasteiger partial charge in [0.2, 0.25) is 0 Å². The summed E-state index contributed by atoms with van der Waals surface area (Å²) < 4.78 is 1.70. The summed E-state index contributed by atoms with van der Waals surface area (Å²) in [6.45, 7) is 1.93. The Balaban J connectivity index is 2.53. The summed E-state index contributed by atoms with van der Waals surface area (Å²) in [4.78, 5) is 7.80. The van der Waals surface area contributed by atoms with E-state index >= 15 is 0 Å². The summed E-state index contributed by atoms with van der Waals surface area (Å²) in [6.07, 6.45) is 4.85. The Labute approximate surface area is 75.2 Å². The van der Waals surface area contributed by atoms with Crippen LogP contribution in [0.3, 0.4) is 0 Å². The van der Waals surface area contributed by atoms with Crippen molar-refractivity contribution in [3.05, 3.63) is 30.5 Å². The molecule has 0 unspecified atom stereocenters. The maximum atomic E-state index is 5.54. The van der Waals surface area contributed by atoms with Crippen molar-refractivity contribution in [2.24, 2.45) is 0 Å². The topological polar surface area (TPSA) is 69.6 Å². The van der Waals surface area contributed by atoms with Crippen LogP contribution in [0.2, 0.25) is 0 Å². The van der Waals surface area contributed by atoms with Gasteiger partial charge in [0.1, 0.15) is 17.8 Å². The molecule has 13 heavy (non-hydrogen) atoms. The minimum Gasteiger partial charge on any atom is -0.382 e. The number of nitrogen functional groups attached to an aromatic ring is 1. The van der Waals surface area contributed by atoms with Crippen LogP contribution in [0.5, 0.6) is 0 Å². The number of anilines is 1. The first-order chi connectivity index (χ1) is 6.27. The molecule has 0 aliphatic carbocycles. The van der Waals surface area contributed by atoms with Gasteiger partial charge in [0, 0.05) is 11.8 Å². The fraction of sp³-hybridized carbons (Fsp3) is 0.125. The summed E-state index contributed by atoms with van der Waals surface area (Å²) in [5, 5.41) is 4.09. The molecule has 0 atom stereocenters. The highest BCUT2D eigenvalue weighted by Crippen LogP contribution is 2.10. The second kappa shape index (κ2) is 2.85. The van der Waals surface area contributed by atoms with Crippen LogP contribution in [0.1, 0.15) is 5.69 Å². The lowest BCUT2D eigenvalue weighted by Crippen LogP contribution is -2.00. The predicted octanol–water partition coefficient (Wildman–Crippen LogP) is 0.553. The van der Waals surface area contributed by atoms with Gasteiger partial charge in [-0.1, -0.05) is 0 Å². The molecule has 0 fully saturated rings. The number of nitrogens with two attached hydrogens (primary N) is 1. The number of aryl methyl sites for hydroxylation is 1. The van der Waals surface area contributed by atoms with Crippen LogP contribution in [0, 0.1) is 6.92 Å². The first kappa shape index (κ1) is 7.72. The smallest absolute Gasteiger partial charge is 0.146 e. The third kappa shape index (κ3) is 1.35. The SMILES string of the molecule is Cc1cc(N)nn1-c1cncnc1. The van der Waals surface area contributed by atoms with E-state index in [4.69, 9.17) is 5.73 Å². The molecule has 0 aliphatic heterocycles. The lowest BCUT2D eigenvalue weighted by Gasteiger charge is -2.00. The predicted molar refractivity (Wildman–Crippen MR) is 48.3 cm³/mol. The molecule has 2 aromatic heterocycles. The minimum absolute atomic E-state index is 0.501. The third-order valence-corrected chi connectivity index (χ3v) is 1.70. The molecule has 2 rings (SSSR count). The molecule has 0 amide bonds. The van der Waals surface area contributed by atoms with Crippen LogP contribution in [-0.2, 0) is 0 Å². The van der Waals surface area contributed by atoms with Crippen LogP contribution in [0.25, 0.3) is 5.69 Å². The fourth-order valence-electron chi connectivity index (χ4n) is 1.16. The number of nitrogens with zero attached hydrogens (tertiary/aromatic N) is 4. The maximum Gasteiger partial charge on any atom is 0.146 e. The zero-order valence-corrected chi connectivity index (χ0v) is 7.18. The summed E-state index contributed by atoms with van der Waals surface area (Å²) in [6, 6.07) is 1.80. The van der Waals surface area contributed by atoms with Crippen molar-refractivity contribution in [3.63, 3.8) is 0 Å². The Morgan fingerprint density at radius 2 is 2.00 bits per heavy atom. The van der Waals surface area contributed by atoms with Gasteiger partial charge in [0.05, 0.1) is 12.4 Å². The number of aromatic nitrogens is 4. The molecule has 0 saturated heterocycles. The van der Waals surface area contributed by atoms with E-state index in [0.29, 0.717) is 5.82 Å². The van der Waals surface area contributed by atoms with Crippen molar-refractivity contribution in [2.45, 2.75) is 6.92 Å². The molecule has 0 aliphatic rings. The van der Waals surface area contributed by atoms with E-state index in [9.17, 15) is 0 Å². The number of hydrogen-bond acceptors (Lipinski definition) is 4. The molecule has 0 aromatic carbocycles. The zero-order valence-electron chi connectivity index (χ0n) is 7.18. The summed E-state index contributed by atoms with van der Waals surface area (Å²) >= 11 is 0. The van der Waals surface area contributed by atoms with Crippen LogP contribution in [-0.4, -0.2) is 19.7 Å². The lowest BCUT2D eigenvalue weighted by atomic mass is 10.4. The number of hydrogen-bond donors (Lipinski definition) is 1. The molecule has 5 nitrogen and oxygen atoms in total. The average Bonchev–Trinajstić information content (AvgIpc) is 2.47. The van der Waals surface area contributed by atoms with Crippen molar-refractivity contribution >= 4 is 5.82 Å². The van der Waals surface area contributed by atoms with Crippen molar-refractivity contribution in [2.75, 3.05) is 5.73 Å². The van der Waals surface area contributed by atoms with E-state index in [1.165, 1.54) is 6.33 Å². The molecule has 66 valence electrons. The van der Waals surface area contributed by atoms with Gasteiger partial charge in [-0.2, -0.15) is 5.10 Å². The normalized spacial score (nSPS) is 10.2. The molecule has 2 aromatic rings. The van der Waals surface area contributed by atoms with E-state index in [2.05, 4.69) is 15.1 Å². The highest BCUT2D eigenvalue weighted by atomic mass is 15.3. The van der Waals surface area contributed by atoms with E-state index in [0.717, 1.165) is 11.4 Å². The van der Waals surface area contributed by atoms with Crippen LogP contribution >= 0.6 is 0 Å². The Morgan fingerprint density at radius 1 is 1.31 bits per heavy atom. The van der Waals surface area contributed by atoms with Crippen molar-refractivity contribution < 1.29 is 0 Å². The van der Waals surface area contributed by atoms with E-state index in [1.807, 2.05) is 6.92 Å². The molecule has 2 heterocycles. The number of rotatable bonds is 1. The Bertz CT molecular complexity index is 406. The van der Waals surface area contributed by atoms with Crippen LogP contribution in [0.4, 0.5) is 5.82 Å². The monoisotopic (exact) mass is 175 g/mol. The average molecular weight is 175 g/mol. The van der Waals surface area contributed by atoms with Gasteiger partial charge in [-0.15, -0.1) is 0 Å². The molecular weight excluding hydrogens is 166 g/mol. The largest absolute Gasteiger partial charge is 0.382 e. The van der Waals surface area contributed by atoms with Gasteiger partial charge >= 0.3 is 0 Å². The summed E-state index contributed by atoms with van der Waals surface area (Å²) in [7, 11) is 0. The zero-order chi connectivity index (χ0) is 9.26. The standard InChI is InChI=1S/C8H9N5/c1-6-2-8(9)12-13(6)7-3-10-5-11-4-7/h2-5H,1H3,(H2,9,12). The first-order valence-corrected chi connectivity index (χ1v) is 3.85. The van der Waals surface area contributed by atoms with Crippen LogP contribution < -0.4 is 5.73 Å². The quantitative estimate of drug-likeness (QED) is 0.687. The molecule has 0 spiro atoms. The van der Waals surface area contributed by atoms with Crippen molar-refractivity contribution in [1.82, 2.24) is 19.7 Å². The van der Waals surface area contributed by atoms with E-state index in [1.54, 1.807) is 23.1 Å². The van der Waals surface area contributed by atoms with Gasteiger partial charge < -0.3 is 5.73 Å². The molecule has 5 heteroatoms. The summed E-state index contributed by atoms with van der Waals surface area (Å²) in [5.74, 6) is 0.501. The Kier molecular flexibility index (Phi) is 1.70. The second-order valence-electron chi connectivity index (χ2n) is 2.72. The fourth-order valence-corrected chi connectivity index (χ4v) is 1.16. The molecule has 0 saturated carbocycles.